The molecule has 162 valence electrons. The molecule has 0 spiro atoms. The number of fused-ring (bicyclic) bond motifs is 1. The predicted molar refractivity (Wildman–Crippen MR) is 131 cm³/mol. The van der Waals surface area contributed by atoms with Crippen LogP contribution in [-0.4, -0.2) is 31.1 Å². The second kappa shape index (κ2) is 10.2. The Hall–Kier alpha value is -2.49. The monoisotopic (exact) mass is 434 g/mol. The Balaban J connectivity index is 1.59. The average molecular weight is 435 g/mol. The van der Waals surface area contributed by atoms with E-state index in [0.717, 1.165) is 43.2 Å². The topological polar surface area (TPSA) is 15.7 Å². The van der Waals surface area contributed by atoms with Crippen LogP contribution in [0.2, 0.25) is 5.02 Å². The average Bonchev–Trinajstić information content (AvgIpc) is 2.82. The van der Waals surface area contributed by atoms with E-state index >= 15 is 0 Å². The van der Waals surface area contributed by atoms with Crippen molar-refractivity contribution in [3.05, 3.63) is 88.9 Å². The number of hydrogen-bond donors (Lipinski definition) is 0. The van der Waals surface area contributed by atoms with Crippen molar-refractivity contribution in [2.24, 2.45) is 0 Å². The Kier molecular flexibility index (Phi) is 7.16. The van der Waals surface area contributed by atoms with Crippen molar-refractivity contribution in [2.75, 3.05) is 31.1 Å². The van der Waals surface area contributed by atoms with Crippen LogP contribution in [0.1, 0.15) is 37.4 Å². The molecule has 1 unspecified atom stereocenters. The molecule has 3 aromatic rings. The van der Waals surface area contributed by atoms with Crippen LogP contribution in [0, 0.1) is 0 Å². The van der Waals surface area contributed by atoms with E-state index in [4.69, 9.17) is 16.3 Å². The van der Waals surface area contributed by atoms with Crippen LogP contribution >= 0.6 is 11.6 Å². The molecule has 0 amide bonds. The Bertz CT molecular complexity index is 970. The SMILES string of the molecule is CCN(CC)CCOc1ccc(N2c3ccc(Cl)cc3CCC2c2ccccc2)cc1. The van der Waals surface area contributed by atoms with Gasteiger partial charge in [-0.15, -0.1) is 0 Å². The highest BCUT2D eigenvalue weighted by Crippen LogP contribution is 2.44. The van der Waals surface area contributed by atoms with Gasteiger partial charge in [-0.05, 0) is 79.5 Å². The third kappa shape index (κ3) is 5.06. The first kappa shape index (κ1) is 21.7. The zero-order valence-corrected chi connectivity index (χ0v) is 19.2. The van der Waals surface area contributed by atoms with Gasteiger partial charge in [-0.3, -0.25) is 0 Å². The van der Waals surface area contributed by atoms with Gasteiger partial charge in [0.2, 0.25) is 0 Å². The summed E-state index contributed by atoms with van der Waals surface area (Å²) in [5.74, 6) is 0.917. The maximum absolute atomic E-state index is 6.30. The molecule has 0 fully saturated rings. The summed E-state index contributed by atoms with van der Waals surface area (Å²) in [4.78, 5) is 4.82. The molecular weight excluding hydrogens is 404 g/mol. The van der Waals surface area contributed by atoms with E-state index in [1.165, 1.54) is 22.5 Å². The Morgan fingerprint density at radius 1 is 0.968 bits per heavy atom. The summed E-state index contributed by atoms with van der Waals surface area (Å²) in [5, 5.41) is 0.800. The largest absolute Gasteiger partial charge is 0.492 e. The molecule has 1 heterocycles. The summed E-state index contributed by atoms with van der Waals surface area (Å²) in [6.45, 7) is 8.14. The fourth-order valence-electron chi connectivity index (χ4n) is 4.42. The number of benzene rings is 3. The number of halogens is 1. The number of aryl methyl sites for hydroxylation is 1. The molecule has 0 N–H and O–H groups in total. The summed E-state index contributed by atoms with van der Waals surface area (Å²) < 4.78 is 6.00. The van der Waals surface area contributed by atoms with Gasteiger partial charge in [0.25, 0.3) is 0 Å². The van der Waals surface area contributed by atoms with Crippen molar-refractivity contribution < 1.29 is 4.74 Å². The number of ether oxygens (including phenoxy) is 1. The molecule has 0 aliphatic carbocycles. The number of nitrogens with zero attached hydrogens (tertiary/aromatic N) is 2. The van der Waals surface area contributed by atoms with E-state index in [-0.39, 0.29) is 0 Å². The molecule has 1 aliphatic heterocycles. The third-order valence-corrected chi connectivity index (χ3v) is 6.40. The lowest BCUT2D eigenvalue weighted by Crippen LogP contribution is -2.29. The van der Waals surface area contributed by atoms with Crippen molar-refractivity contribution in [1.82, 2.24) is 4.90 Å². The highest BCUT2D eigenvalue weighted by Gasteiger charge is 2.28. The van der Waals surface area contributed by atoms with Crippen LogP contribution in [0.25, 0.3) is 0 Å². The first-order chi connectivity index (χ1) is 15.2. The van der Waals surface area contributed by atoms with Crippen LogP contribution < -0.4 is 9.64 Å². The summed E-state index contributed by atoms with van der Waals surface area (Å²) in [6, 6.07) is 25.8. The van der Waals surface area contributed by atoms with E-state index in [1.807, 2.05) is 6.07 Å². The van der Waals surface area contributed by atoms with Gasteiger partial charge in [-0.25, -0.2) is 0 Å². The van der Waals surface area contributed by atoms with Gasteiger partial charge in [0.1, 0.15) is 12.4 Å². The van der Waals surface area contributed by atoms with Gasteiger partial charge >= 0.3 is 0 Å². The summed E-state index contributed by atoms with van der Waals surface area (Å²) in [5.41, 5.74) is 5.05. The Morgan fingerprint density at radius 2 is 1.71 bits per heavy atom. The normalized spacial score (nSPS) is 15.7. The lowest BCUT2D eigenvalue weighted by molar-refractivity contribution is 0.223. The lowest BCUT2D eigenvalue weighted by atomic mass is 9.90. The minimum atomic E-state index is 0.296. The smallest absolute Gasteiger partial charge is 0.119 e. The molecule has 4 rings (SSSR count). The van der Waals surface area contributed by atoms with Crippen LogP contribution in [0.4, 0.5) is 11.4 Å². The highest BCUT2D eigenvalue weighted by molar-refractivity contribution is 6.30. The fraction of sp³-hybridized carbons (Fsp3) is 0.333. The van der Waals surface area contributed by atoms with E-state index in [9.17, 15) is 0 Å². The first-order valence-electron chi connectivity index (χ1n) is 11.3. The fourth-order valence-corrected chi connectivity index (χ4v) is 4.62. The van der Waals surface area contributed by atoms with Gasteiger partial charge in [-0.2, -0.15) is 0 Å². The highest BCUT2D eigenvalue weighted by atomic mass is 35.5. The molecule has 0 radical (unpaired) electrons. The molecule has 1 atom stereocenters. The Labute approximate surface area is 191 Å². The molecule has 4 heteroatoms. The molecule has 3 aromatic carbocycles. The van der Waals surface area contributed by atoms with Crippen molar-refractivity contribution in [2.45, 2.75) is 32.7 Å². The molecule has 0 saturated heterocycles. The number of rotatable bonds is 8. The Morgan fingerprint density at radius 3 is 2.42 bits per heavy atom. The van der Waals surface area contributed by atoms with Gasteiger partial charge in [0.15, 0.2) is 0 Å². The second-order valence-electron chi connectivity index (χ2n) is 7.98. The number of likely N-dealkylation sites (N-methyl/N-ethyl adjacent to an activating group) is 1. The molecule has 3 nitrogen and oxygen atoms in total. The molecule has 1 aliphatic rings. The zero-order valence-electron chi connectivity index (χ0n) is 18.4. The van der Waals surface area contributed by atoms with Crippen LogP contribution in [0.5, 0.6) is 5.75 Å². The van der Waals surface area contributed by atoms with Crippen molar-refractivity contribution in [3.63, 3.8) is 0 Å². The summed E-state index contributed by atoms with van der Waals surface area (Å²) >= 11 is 6.30. The van der Waals surface area contributed by atoms with E-state index in [0.29, 0.717) is 12.6 Å². The maximum Gasteiger partial charge on any atom is 0.119 e. The van der Waals surface area contributed by atoms with E-state index in [2.05, 4.69) is 90.4 Å². The lowest BCUT2D eigenvalue weighted by Gasteiger charge is -2.39. The minimum Gasteiger partial charge on any atom is -0.492 e. The number of hydrogen-bond acceptors (Lipinski definition) is 3. The quantitative estimate of drug-likeness (QED) is 0.384. The van der Waals surface area contributed by atoms with Gasteiger partial charge in [-0.1, -0.05) is 55.8 Å². The third-order valence-electron chi connectivity index (χ3n) is 6.17. The minimum absolute atomic E-state index is 0.296. The van der Waals surface area contributed by atoms with Crippen LogP contribution in [0.3, 0.4) is 0 Å². The molecule has 31 heavy (non-hydrogen) atoms. The molecule has 0 bridgehead atoms. The second-order valence-corrected chi connectivity index (χ2v) is 8.41. The summed E-state index contributed by atoms with van der Waals surface area (Å²) in [7, 11) is 0. The van der Waals surface area contributed by atoms with E-state index in [1.54, 1.807) is 0 Å². The number of anilines is 2. The van der Waals surface area contributed by atoms with Gasteiger partial charge < -0.3 is 14.5 Å². The standard InChI is InChI=1S/C27H31ClN2O/c1-3-29(4-2)18-19-31-25-14-12-24(13-15-25)30-26(21-8-6-5-7-9-21)16-10-22-20-23(28)11-17-27(22)30/h5-9,11-15,17,20,26H,3-4,10,16,18-19H2,1-2H3. The zero-order chi connectivity index (χ0) is 21.6. The van der Waals surface area contributed by atoms with Crippen molar-refractivity contribution in [1.29, 1.82) is 0 Å². The van der Waals surface area contributed by atoms with Crippen LogP contribution in [-0.2, 0) is 6.42 Å². The molecular formula is C27H31ClN2O. The summed E-state index contributed by atoms with van der Waals surface area (Å²) in [6.07, 6.45) is 2.08. The first-order valence-corrected chi connectivity index (χ1v) is 11.6. The van der Waals surface area contributed by atoms with Crippen molar-refractivity contribution in [3.8, 4) is 5.75 Å². The molecule has 0 aromatic heterocycles. The van der Waals surface area contributed by atoms with E-state index < -0.39 is 0 Å². The van der Waals surface area contributed by atoms with Gasteiger partial charge in [0.05, 0.1) is 6.04 Å². The molecule has 0 saturated carbocycles. The van der Waals surface area contributed by atoms with Crippen molar-refractivity contribution >= 4 is 23.0 Å². The van der Waals surface area contributed by atoms with Gasteiger partial charge in [0, 0.05) is 22.9 Å². The van der Waals surface area contributed by atoms with Crippen LogP contribution in [0.15, 0.2) is 72.8 Å². The predicted octanol–water partition coefficient (Wildman–Crippen LogP) is 6.89. The maximum atomic E-state index is 6.30.